The van der Waals surface area contributed by atoms with Crippen molar-refractivity contribution in [3.63, 3.8) is 0 Å². The molecule has 17 heavy (non-hydrogen) atoms. The number of carbonyl (C=O) groups is 2. The fraction of sp³-hybridized carbons (Fsp3) is 0.583. The lowest BCUT2D eigenvalue weighted by molar-refractivity contribution is -0.134. The fourth-order valence-corrected chi connectivity index (χ4v) is 1.54. The summed E-state index contributed by atoms with van der Waals surface area (Å²) in [5.41, 5.74) is 0.319. The van der Waals surface area contributed by atoms with E-state index in [-0.39, 0.29) is 29.5 Å². The number of carboxylic acid groups (broad SMARTS) is 1. The molecule has 0 heterocycles. The topological polar surface area (TPSA) is 81.4 Å². The average molecular weight is 236 g/mol. The minimum absolute atomic E-state index is 0.0672. The molecular formula is C12H16N2O3. The first-order chi connectivity index (χ1) is 7.99. The molecule has 0 aromatic carbocycles. The lowest BCUT2D eigenvalue weighted by atomic mass is 10.1. The summed E-state index contributed by atoms with van der Waals surface area (Å²) >= 11 is 0. The number of rotatable bonds is 5. The van der Waals surface area contributed by atoms with E-state index in [0.717, 1.165) is 12.8 Å². The smallest absolute Gasteiger partial charge is 0.331 e. The Bertz CT molecular complexity index is 402. The Kier molecular flexibility index (Phi) is 4.27. The van der Waals surface area contributed by atoms with Crippen LogP contribution in [0.15, 0.2) is 11.1 Å². The summed E-state index contributed by atoms with van der Waals surface area (Å²) in [4.78, 5) is 24.5. The van der Waals surface area contributed by atoms with E-state index in [9.17, 15) is 9.59 Å². The van der Waals surface area contributed by atoms with Crippen LogP contribution in [0.25, 0.3) is 0 Å². The number of aliphatic carboxylic acids is 1. The fourth-order valence-electron chi connectivity index (χ4n) is 1.54. The standard InChI is InChI=1S/C12H16N2O3/c1-8(9(2)12(16)17)11(15)14(7-3-6-13)10-4-5-10/h10H,3-5,7H2,1-2H3,(H,16,17). The first kappa shape index (κ1) is 13.2. The first-order valence-electron chi connectivity index (χ1n) is 5.57. The Morgan fingerprint density at radius 2 is 1.94 bits per heavy atom. The monoisotopic (exact) mass is 236 g/mol. The van der Waals surface area contributed by atoms with E-state index in [0.29, 0.717) is 6.54 Å². The van der Waals surface area contributed by atoms with Crippen molar-refractivity contribution in [3.8, 4) is 6.07 Å². The first-order valence-corrected chi connectivity index (χ1v) is 5.57. The van der Waals surface area contributed by atoms with Gasteiger partial charge in [-0.3, -0.25) is 4.79 Å². The third-order valence-electron chi connectivity index (χ3n) is 2.92. The zero-order valence-corrected chi connectivity index (χ0v) is 10.1. The van der Waals surface area contributed by atoms with Gasteiger partial charge in [-0.05, 0) is 26.7 Å². The Balaban J connectivity index is 2.81. The quantitative estimate of drug-likeness (QED) is 0.730. The molecule has 0 saturated heterocycles. The molecule has 0 spiro atoms. The maximum atomic E-state index is 12.1. The van der Waals surface area contributed by atoms with Gasteiger partial charge in [-0.1, -0.05) is 0 Å². The van der Waals surface area contributed by atoms with Crippen molar-refractivity contribution in [2.24, 2.45) is 0 Å². The molecule has 1 fully saturated rings. The molecule has 1 N–H and O–H groups in total. The summed E-state index contributed by atoms with van der Waals surface area (Å²) < 4.78 is 0. The van der Waals surface area contributed by atoms with Crippen LogP contribution < -0.4 is 0 Å². The molecule has 0 bridgehead atoms. The van der Waals surface area contributed by atoms with Crippen molar-refractivity contribution < 1.29 is 14.7 Å². The zero-order chi connectivity index (χ0) is 13.0. The lowest BCUT2D eigenvalue weighted by Crippen LogP contribution is -2.35. The van der Waals surface area contributed by atoms with E-state index in [1.165, 1.54) is 13.8 Å². The molecule has 0 aliphatic heterocycles. The Labute approximate surface area is 100 Å². The number of hydrogen-bond acceptors (Lipinski definition) is 3. The SMILES string of the molecule is CC(C(=O)O)=C(C)C(=O)N(CCC#N)C1CC1. The molecule has 92 valence electrons. The number of carbonyl (C=O) groups excluding carboxylic acids is 1. The molecule has 0 radical (unpaired) electrons. The van der Waals surface area contributed by atoms with Gasteiger partial charge >= 0.3 is 5.97 Å². The van der Waals surface area contributed by atoms with Gasteiger partial charge in [0, 0.05) is 23.7 Å². The second kappa shape index (κ2) is 5.48. The van der Waals surface area contributed by atoms with Crippen molar-refractivity contribution >= 4 is 11.9 Å². The Morgan fingerprint density at radius 1 is 1.35 bits per heavy atom. The third kappa shape index (κ3) is 3.31. The van der Waals surface area contributed by atoms with Gasteiger partial charge in [0.25, 0.3) is 0 Å². The molecule has 0 aromatic heterocycles. The van der Waals surface area contributed by atoms with Gasteiger partial charge in [0.2, 0.25) is 5.91 Å². The number of carboxylic acids is 1. The summed E-state index contributed by atoms with van der Waals surface area (Å²) in [5, 5.41) is 17.4. The van der Waals surface area contributed by atoms with E-state index in [4.69, 9.17) is 10.4 Å². The van der Waals surface area contributed by atoms with Crippen molar-refractivity contribution in [1.29, 1.82) is 5.26 Å². The van der Waals surface area contributed by atoms with Crippen molar-refractivity contribution in [2.45, 2.75) is 39.2 Å². The van der Waals surface area contributed by atoms with Crippen molar-refractivity contribution in [2.75, 3.05) is 6.54 Å². The van der Waals surface area contributed by atoms with Crippen LogP contribution in [-0.4, -0.2) is 34.5 Å². The number of nitrogens with zero attached hydrogens (tertiary/aromatic N) is 2. The van der Waals surface area contributed by atoms with Crippen LogP contribution in [0.4, 0.5) is 0 Å². The zero-order valence-electron chi connectivity index (χ0n) is 10.1. The van der Waals surface area contributed by atoms with Crippen molar-refractivity contribution in [3.05, 3.63) is 11.1 Å². The highest BCUT2D eigenvalue weighted by molar-refractivity contribution is 6.01. The van der Waals surface area contributed by atoms with Crippen LogP contribution in [0.3, 0.4) is 0 Å². The second-order valence-corrected chi connectivity index (χ2v) is 4.19. The minimum atomic E-state index is -1.08. The van der Waals surface area contributed by atoms with Crippen LogP contribution >= 0.6 is 0 Å². The van der Waals surface area contributed by atoms with Gasteiger partial charge in [-0.25, -0.2) is 4.79 Å². The molecule has 1 aliphatic rings. The maximum absolute atomic E-state index is 12.1. The average Bonchev–Trinajstić information content (AvgIpc) is 3.11. The molecule has 5 nitrogen and oxygen atoms in total. The van der Waals surface area contributed by atoms with Crippen LogP contribution in [0.2, 0.25) is 0 Å². The van der Waals surface area contributed by atoms with Crippen molar-refractivity contribution in [1.82, 2.24) is 4.90 Å². The van der Waals surface area contributed by atoms with Crippen LogP contribution in [0.1, 0.15) is 33.1 Å². The third-order valence-corrected chi connectivity index (χ3v) is 2.92. The minimum Gasteiger partial charge on any atom is -0.478 e. The van der Waals surface area contributed by atoms with E-state index in [1.54, 1.807) is 4.90 Å². The Morgan fingerprint density at radius 3 is 2.35 bits per heavy atom. The summed E-state index contributed by atoms with van der Waals surface area (Å²) in [7, 11) is 0. The summed E-state index contributed by atoms with van der Waals surface area (Å²) in [6.07, 6.45) is 2.16. The molecule has 0 unspecified atom stereocenters. The van der Waals surface area contributed by atoms with E-state index in [2.05, 4.69) is 0 Å². The molecule has 1 saturated carbocycles. The number of nitriles is 1. The van der Waals surface area contributed by atoms with E-state index >= 15 is 0 Å². The lowest BCUT2D eigenvalue weighted by Gasteiger charge is -2.22. The van der Waals surface area contributed by atoms with Gasteiger partial charge in [0.15, 0.2) is 0 Å². The van der Waals surface area contributed by atoms with Gasteiger partial charge in [0.05, 0.1) is 12.5 Å². The summed E-state index contributed by atoms with van der Waals surface area (Å²) in [5.74, 6) is -1.34. The van der Waals surface area contributed by atoms with Gasteiger partial charge < -0.3 is 10.0 Å². The molecule has 1 amide bonds. The molecule has 1 aliphatic carbocycles. The van der Waals surface area contributed by atoms with Gasteiger partial charge in [-0.2, -0.15) is 5.26 Å². The summed E-state index contributed by atoms with van der Waals surface area (Å²) in [6, 6.07) is 2.19. The van der Waals surface area contributed by atoms with E-state index < -0.39 is 5.97 Å². The highest BCUT2D eigenvalue weighted by Gasteiger charge is 2.33. The predicted molar refractivity (Wildman–Crippen MR) is 61.0 cm³/mol. The highest BCUT2D eigenvalue weighted by Crippen LogP contribution is 2.28. The summed E-state index contributed by atoms with van der Waals surface area (Å²) in [6.45, 7) is 3.32. The molecule has 5 heteroatoms. The second-order valence-electron chi connectivity index (χ2n) is 4.19. The maximum Gasteiger partial charge on any atom is 0.331 e. The van der Waals surface area contributed by atoms with E-state index in [1.807, 2.05) is 6.07 Å². The Hall–Kier alpha value is -1.83. The number of amides is 1. The van der Waals surface area contributed by atoms with Gasteiger partial charge in [-0.15, -0.1) is 0 Å². The predicted octanol–water partition coefficient (Wildman–Crippen LogP) is 1.31. The van der Waals surface area contributed by atoms with Crippen LogP contribution in [0, 0.1) is 11.3 Å². The molecule has 1 rings (SSSR count). The van der Waals surface area contributed by atoms with Gasteiger partial charge in [0.1, 0.15) is 0 Å². The molecular weight excluding hydrogens is 220 g/mol. The molecule has 0 atom stereocenters. The molecule has 0 aromatic rings. The largest absolute Gasteiger partial charge is 0.478 e. The normalized spacial score (nSPS) is 15.8. The van der Waals surface area contributed by atoms with Crippen LogP contribution in [0.5, 0.6) is 0 Å². The number of hydrogen-bond donors (Lipinski definition) is 1. The highest BCUT2D eigenvalue weighted by atomic mass is 16.4. The van der Waals surface area contributed by atoms with Crippen LogP contribution in [-0.2, 0) is 9.59 Å².